The average molecular weight is 408 g/mol. The van der Waals surface area contributed by atoms with Crippen molar-refractivity contribution in [3.05, 3.63) is 46.2 Å². The number of nitrogens with zero attached hydrogens (tertiary/aromatic N) is 4. The molecule has 0 bridgehead atoms. The summed E-state index contributed by atoms with van der Waals surface area (Å²) in [7, 11) is 4.04. The van der Waals surface area contributed by atoms with E-state index < -0.39 is 0 Å². The molecule has 0 aliphatic heterocycles. The Bertz CT molecular complexity index is 1240. The Morgan fingerprint density at radius 1 is 1.10 bits per heavy atom. The molecule has 2 N–H and O–H groups in total. The van der Waals surface area contributed by atoms with Crippen LogP contribution >= 0.6 is 0 Å². The van der Waals surface area contributed by atoms with Crippen molar-refractivity contribution in [1.29, 1.82) is 0 Å². The van der Waals surface area contributed by atoms with Crippen molar-refractivity contribution in [2.24, 2.45) is 0 Å². The van der Waals surface area contributed by atoms with Crippen LogP contribution in [0.3, 0.4) is 0 Å². The van der Waals surface area contributed by atoms with Gasteiger partial charge in [-0.05, 0) is 51.5 Å². The topological polar surface area (TPSA) is 73.1 Å². The Hall–Kier alpha value is -2.90. The van der Waals surface area contributed by atoms with Gasteiger partial charge in [-0.25, -0.2) is 4.52 Å². The largest absolute Gasteiger partial charge is 0.506 e. The van der Waals surface area contributed by atoms with Crippen LogP contribution in [0.15, 0.2) is 35.1 Å². The van der Waals surface area contributed by atoms with Crippen molar-refractivity contribution in [2.75, 3.05) is 45.6 Å². The fourth-order valence-corrected chi connectivity index (χ4v) is 4.08. The number of rotatable bonds is 8. The van der Waals surface area contributed by atoms with E-state index in [1.54, 1.807) is 6.07 Å². The number of hydrogen-bond acceptors (Lipinski definition) is 6. The summed E-state index contributed by atoms with van der Waals surface area (Å²) in [6.07, 6.45) is 0. The van der Waals surface area contributed by atoms with E-state index in [-0.39, 0.29) is 11.2 Å². The van der Waals surface area contributed by atoms with Crippen LogP contribution in [0.25, 0.3) is 27.2 Å². The van der Waals surface area contributed by atoms with Gasteiger partial charge in [-0.15, -0.1) is 0 Å². The Labute approximate surface area is 175 Å². The Morgan fingerprint density at radius 2 is 1.87 bits per heavy atom. The number of pyridine rings is 1. The molecular formula is C23H29N5O2. The van der Waals surface area contributed by atoms with Gasteiger partial charge in [0.25, 0.3) is 0 Å². The molecule has 2 aromatic carbocycles. The summed E-state index contributed by atoms with van der Waals surface area (Å²) in [5.41, 5.74) is 3.04. The van der Waals surface area contributed by atoms with Gasteiger partial charge in [-0.3, -0.25) is 9.69 Å². The Balaban J connectivity index is 2.01. The first kappa shape index (κ1) is 20.4. The summed E-state index contributed by atoms with van der Waals surface area (Å²) in [4.78, 5) is 17.0. The zero-order valence-corrected chi connectivity index (χ0v) is 18.1. The number of aromatic hydroxyl groups is 1. The highest BCUT2D eigenvalue weighted by Gasteiger charge is 2.22. The number of anilines is 1. The van der Waals surface area contributed by atoms with E-state index in [0.717, 1.165) is 55.0 Å². The van der Waals surface area contributed by atoms with E-state index in [9.17, 15) is 9.90 Å². The smallest absolute Gasteiger partial charge is 0.191 e. The third-order valence-electron chi connectivity index (χ3n) is 5.77. The van der Waals surface area contributed by atoms with Crippen LogP contribution in [0.2, 0.25) is 0 Å². The number of hydrogen-bond donors (Lipinski definition) is 2. The van der Waals surface area contributed by atoms with Crippen molar-refractivity contribution in [1.82, 2.24) is 19.4 Å². The molecule has 0 saturated heterocycles. The summed E-state index contributed by atoms with van der Waals surface area (Å²) < 4.78 is 1.83. The second kappa shape index (κ2) is 8.08. The van der Waals surface area contributed by atoms with Gasteiger partial charge in [0, 0.05) is 30.7 Å². The Morgan fingerprint density at radius 3 is 2.57 bits per heavy atom. The van der Waals surface area contributed by atoms with Crippen molar-refractivity contribution >= 4 is 32.9 Å². The Kier molecular flexibility index (Phi) is 5.49. The number of nitrogens with one attached hydrogen (secondary N) is 1. The molecular weight excluding hydrogens is 378 g/mol. The molecule has 0 amide bonds. The summed E-state index contributed by atoms with van der Waals surface area (Å²) >= 11 is 0. The lowest BCUT2D eigenvalue weighted by molar-refractivity contribution is 0.293. The number of aromatic nitrogens is 2. The zero-order chi connectivity index (χ0) is 21.4. The standard InChI is InChI=1S/C23H29N5O2/c1-5-27(6-2)14-17-15-10-11-16(24-12-13-26(3)4)20-22(15)28(25-17)18-8-7-9-19(29)21(18)23(20)30/h7-11,24,30H,5-6,12-14H2,1-4H3. The fraction of sp³-hybridized carbons (Fsp3) is 0.391. The number of fused-ring (bicyclic) bond motifs is 2. The van der Waals surface area contributed by atoms with E-state index in [1.807, 2.05) is 30.7 Å². The van der Waals surface area contributed by atoms with E-state index in [4.69, 9.17) is 5.10 Å². The predicted molar refractivity (Wildman–Crippen MR) is 123 cm³/mol. The predicted octanol–water partition coefficient (Wildman–Crippen LogP) is 2.96. The third kappa shape index (κ3) is 3.34. The molecule has 0 aliphatic rings. The molecule has 0 spiro atoms. The first-order chi connectivity index (χ1) is 14.5. The normalized spacial score (nSPS) is 12.2. The lowest BCUT2D eigenvalue weighted by Gasteiger charge is -2.16. The van der Waals surface area contributed by atoms with Gasteiger partial charge in [0.2, 0.25) is 0 Å². The molecule has 2 heterocycles. The van der Waals surface area contributed by atoms with Crippen molar-refractivity contribution in [2.45, 2.75) is 20.4 Å². The summed E-state index contributed by atoms with van der Waals surface area (Å²) in [6, 6.07) is 9.10. The van der Waals surface area contributed by atoms with Gasteiger partial charge < -0.3 is 15.3 Å². The molecule has 0 radical (unpaired) electrons. The number of benzene rings is 2. The molecule has 0 saturated carbocycles. The molecule has 0 unspecified atom stereocenters. The lowest BCUT2D eigenvalue weighted by Crippen LogP contribution is -2.22. The van der Waals surface area contributed by atoms with Crippen molar-refractivity contribution in [3.63, 3.8) is 0 Å². The van der Waals surface area contributed by atoms with Gasteiger partial charge in [-0.1, -0.05) is 19.9 Å². The average Bonchev–Trinajstić information content (AvgIpc) is 3.09. The lowest BCUT2D eigenvalue weighted by atomic mass is 10.0. The third-order valence-corrected chi connectivity index (χ3v) is 5.77. The van der Waals surface area contributed by atoms with Crippen LogP contribution < -0.4 is 10.7 Å². The quantitative estimate of drug-likeness (QED) is 0.438. The second-order valence-electron chi connectivity index (χ2n) is 7.93. The van der Waals surface area contributed by atoms with E-state index in [1.165, 1.54) is 6.07 Å². The molecule has 2 aromatic heterocycles. The maximum Gasteiger partial charge on any atom is 0.191 e. The van der Waals surface area contributed by atoms with E-state index in [0.29, 0.717) is 16.3 Å². The monoisotopic (exact) mass is 407 g/mol. The van der Waals surface area contributed by atoms with Crippen molar-refractivity contribution in [3.8, 4) is 5.75 Å². The highest BCUT2D eigenvalue weighted by Crippen LogP contribution is 2.40. The minimum atomic E-state index is -0.201. The molecule has 4 aromatic rings. The van der Waals surface area contributed by atoms with Crippen LogP contribution in [0, 0.1) is 0 Å². The van der Waals surface area contributed by atoms with Crippen LogP contribution in [0.5, 0.6) is 5.75 Å². The van der Waals surface area contributed by atoms with E-state index >= 15 is 0 Å². The molecule has 0 aliphatic carbocycles. The zero-order valence-electron chi connectivity index (χ0n) is 18.1. The SMILES string of the molecule is CCN(CC)Cc1nn2c3cccc(=O)c3c(O)c3c(NCCN(C)C)ccc1c32. The number of likely N-dealkylation sites (N-methyl/N-ethyl adjacent to an activating group) is 1. The van der Waals surface area contributed by atoms with Crippen LogP contribution in [-0.2, 0) is 6.54 Å². The van der Waals surface area contributed by atoms with Gasteiger partial charge >= 0.3 is 0 Å². The van der Waals surface area contributed by atoms with Gasteiger partial charge in [-0.2, -0.15) is 5.10 Å². The van der Waals surface area contributed by atoms with Crippen LogP contribution in [-0.4, -0.2) is 64.8 Å². The minimum Gasteiger partial charge on any atom is -0.506 e. The molecule has 7 nitrogen and oxygen atoms in total. The van der Waals surface area contributed by atoms with Crippen LogP contribution in [0.4, 0.5) is 5.69 Å². The van der Waals surface area contributed by atoms with Gasteiger partial charge in [0.15, 0.2) is 5.43 Å². The molecule has 158 valence electrons. The highest BCUT2D eigenvalue weighted by molar-refractivity contribution is 6.13. The second-order valence-corrected chi connectivity index (χ2v) is 7.93. The first-order valence-corrected chi connectivity index (χ1v) is 10.5. The van der Waals surface area contributed by atoms with Crippen LogP contribution in [0.1, 0.15) is 19.5 Å². The van der Waals surface area contributed by atoms with E-state index in [2.05, 4.69) is 35.0 Å². The maximum absolute atomic E-state index is 12.6. The van der Waals surface area contributed by atoms with Gasteiger partial charge in [0.1, 0.15) is 5.75 Å². The molecule has 0 fully saturated rings. The minimum absolute atomic E-state index is 0.0235. The summed E-state index contributed by atoms with van der Waals surface area (Å²) in [5, 5.41) is 21.5. The maximum atomic E-state index is 12.6. The fourth-order valence-electron chi connectivity index (χ4n) is 4.08. The van der Waals surface area contributed by atoms with Gasteiger partial charge in [0.05, 0.1) is 27.5 Å². The summed E-state index contributed by atoms with van der Waals surface area (Å²) in [5.74, 6) is 0.0235. The molecule has 7 heteroatoms. The molecule has 30 heavy (non-hydrogen) atoms. The first-order valence-electron chi connectivity index (χ1n) is 10.5. The molecule has 4 rings (SSSR count). The van der Waals surface area contributed by atoms with Crippen molar-refractivity contribution < 1.29 is 5.11 Å². The molecule has 0 atom stereocenters. The highest BCUT2D eigenvalue weighted by atomic mass is 16.3. The summed E-state index contributed by atoms with van der Waals surface area (Å²) in [6.45, 7) is 8.44.